The van der Waals surface area contributed by atoms with Gasteiger partial charge in [0, 0.05) is 12.6 Å². The number of ether oxygens (including phenoxy) is 1. The molecule has 0 heterocycles. The molecule has 0 radical (unpaired) electrons. The highest BCUT2D eigenvalue weighted by molar-refractivity contribution is 5.48. The van der Waals surface area contributed by atoms with Gasteiger partial charge in [-0.25, -0.2) is 0 Å². The topological polar surface area (TPSA) is 64.4 Å². The highest BCUT2D eigenvalue weighted by Gasteiger charge is 2.18. The molecule has 0 aliphatic carbocycles. The molecule has 0 fully saturated rings. The van der Waals surface area contributed by atoms with Crippen LogP contribution in [0.15, 0.2) is 18.2 Å². The first-order valence-electron chi connectivity index (χ1n) is 4.97. The number of rotatable bonds is 6. The molecule has 0 aromatic heterocycles. The van der Waals surface area contributed by atoms with E-state index in [9.17, 15) is 18.9 Å². The normalized spacial score (nSPS) is 10.6. The zero-order valence-corrected chi connectivity index (χ0v) is 9.15. The minimum atomic E-state index is -3.08. The number of nitrogens with zero attached hydrogens (tertiary/aromatic N) is 1. The van der Waals surface area contributed by atoms with Gasteiger partial charge in [-0.2, -0.15) is 8.78 Å². The summed E-state index contributed by atoms with van der Waals surface area (Å²) in [5.74, 6) is -0.426. The van der Waals surface area contributed by atoms with E-state index in [4.69, 9.17) is 0 Å². The van der Waals surface area contributed by atoms with Crippen LogP contribution in [-0.2, 0) is 6.54 Å². The third-order valence-corrected chi connectivity index (χ3v) is 2.02. The van der Waals surface area contributed by atoms with Gasteiger partial charge in [-0.1, -0.05) is 13.0 Å². The van der Waals surface area contributed by atoms with Crippen LogP contribution in [0.3, 0.4) is 0 Å². The average Bonchev–Trinajstić information content (AvgIpc) is 2.26. The molecule has 0 aliphatic heterocycles. The second-order valence-corrected chi connectivity index (χ2v) is 3.22. The van der Waals surface area contributed by atoms with Gasteiger partial charge in [0.15, 0.2) is 0 Å². The van der Waals surface area contributed by atoms with Crippen LogP contribution in [0.4, 0.5) is 14.5 Å². The fraction of sp³-hybridized carbons (Fsp3) is 0.400. The average molecular weight is 246 g/mol. The first kappa shape index (κ1) is 13.3. The van der Waals surface area contributed by atoms with E-state index in [0.29, 0.717) is 18.7 Å². The monoisotopic (exact) mass is 246 g/mol. The molecule has 0 spiro atoms. The van der Waals surface area contributed by atoms with Crippen molar-refractivity contribution in [1.82, 2.24) is 5.32 Å². The first-order chi connectivity index (χ1) is 8.04. The molecule has 0 saturated heterocycles. The van der Waals surface area contributed by atoms with Crippen LogP contribution in [0.5, 0.6) is 5.75 Å². The van der Waals surface area contributed by atoms with E-state index >= 15 is 0 Å². The van der Waals surface area contributed by atoms with Crippen LogP contribution in [-0.4, -0.2) is 18.1 Å². The van der Waals surface area contributed by atoms with Gasteiger partial charge in [0.25, 0.3) is 0 Å². The van der Waals surface area contributed by atoms with E-state index in [2.05, 4.69) is 10.1 Å². The molecule has 1 aromatic carbocycles. The summed E-state index contributed by atoms with van der Waals surface area (Å²) in [7, 11) is 0. The van der Waals surface area contributed by atoms with Crippen molar-refractivity contribution in [3.8, 4) is 5.75 Å². The number of benzene rings is 1. The summed E-state index contributed by atoms with van der Waals surface area (Å²) in [6.07, 6.45) is 0. The van der Waals surface area contributed by atoms with Gasteiger partial charge in [0.1, 0.15) is 0 Å². The molecule has 0 saturated carbocycles. The Morgan fingerprint density at radius 3 is 2.76 bits per heavy atom. The van der Waals surface area contributed by atoms with E-state index in [-0.39, 0.29) is 0 Å². The highest BCUT2D eigenvalue weighted by atomic mass is 19.3. The Balaban J connectivity index is 2.95. The molecule has 1 aromatic rings. The maximum Gasteiger partial charge on any atom is 0.387 e. The summed E-state index contributed by atoms with van der Waals surface area (Å²) in [5, 5.41) is 13.7. The molecule has 1 rings (SSSR count). The van der Waals surface area contributed by atoms with E-state index in [0.717, 1.165) is 0 Å². The minimum absolute atomic E-state index is 0.426. The zero-order chi connectivity index (χ0) is 12.8. The Morgan fingerprint density at radius 1 is 1.53 bits per heavy atom. The van der Waals surface area contributed by atoms with Gasteiger partial charge < -0.3 is 10.1 Å². The van der Waals surface area contributed by atoms with Crippen molar-refractivity contribution in [2.45, 2.75) is 20.1 Å². The lowest BCUT2D eigenvalue weighted by molar-refractivity contribution is -0.386. The Labute approximate surface area is 96.5 Å². The molecule has 0 bridgehead atoms. The summed E-state index contributed by atoms with van der Waals surface area (Å²) in [4.78, 5) is 9.95. The van der Waals surface area contributed by atoms with Gasteiger partial charge >= 0.3 is 12.3 Å². The number of hydrogen-bond donors (Lipinski definition) is 1. The maximum absolute atomic E-state index is 12.0. The van der Waals surface area contributed by atoms with Crippen molar-refractivity contribution in [2.24, 2.45) is 0 Å². The SMILES string of the molecule is CCNCc1ccc(OC(F)F)c([N+](=O)[O-])c1. The number of alkyl halides is 2. The Bertz CT molecular complexity index is 399. The molecule has 0 unspecified atom stereocenters. The first-order valence-corrected chi connectivity index (χ1v) is 4.97. The van der Waals surface area contributed by atoms with E-state index in [1.165, 1.54) is 18.2 Å². The molecule has 5 nitrogen and oxygen atoms in total. The lowest BCUT2D eigenvalue weighted by Gasteiger charge is -2.07. The zero-order valence-electron chi connectivity index (χ0n) is 9.15. The summed E-state index contributed by atoms with van der Waals surface area (Å²) in [5.41, 5.74) is 0.181. The number of hydrogen-bond acceptors (Lipinski definition) is 4. The minimum Gasteiger partial charge on any atom is -0.427 e. The van der Waals surface area contributed by atoms with Crippen LogP contribution in [0.1, 0.15) is 12.5 Å². The second kappa shape index (κ2) is 6.09. The van der Waals surface area contributed by atoms with Crippen LogP contribution in [0.25, 0.3) is 0 Å². The quantitative estimate of drug-likeness (QED) is 0.618. The number of halogens is 2. The molecular formula is C10H12F2N2O3. The van der Waals surface area contributed by atoms with Gasteiger partial charge in [-0.3, -0.25) is 10.1 Å². The number of nitro groups is 1. The van der Waals surface area contributed by atoms with Crippen LogP contribution in [0.2, 0.25) is 0 Å². The second-order valence-electron chi connectivity index (χ2n) is 3.22. The van der Waals surface area contributed by atoms with E-state index in [1.807, 2.05) is 6.92 Å². The predicted octanol–water partition coefficient (Wildman–Crippen LogP) is 2.31. The molecule has 0 atom stereocenters. The fourth-order valence-corrected chi connectivity index (χ4v) is 1.28. The van der Waals surface area contributed by atoms with Gasteiger partial charge in [0.2, 0.25) is 5.75 Å². The van der Waals surface area contributed by atoms with E-state index < -0.39 is 23.0 Å². The van der Waals surface area contributed by atoms with Gasteiger partial charge in [-0.15, -0.1) is 0 Å². The van der Waals surface area contributed by atoms with Gasteiger partial charge in [-0.05, 0) is 18.2 Å². The van der Waals surface area contributed by atoms with Crippen molar-refractivity contribution in [1.29, 1.82) is 0 Å². The number of nitro benzene ring substituents is 1. The van der Waals surface area contributed by atoms with Crippen LogP contribution in [0, 0.1) is 10.1 Å². The van der Waals surface area contributed by atoms with Crippen molar-refractivity contribution in [3.63, 3.8) is 0 Å². The predicted molar refractivity (Wildman–Crippen MR) is 57.1 cm³/mol. The van der Waals surface area contributed by atoms with E-state index in [1.54, 1.807) is 0 Å². The van der Waals surface area contributed by atoms with Crippen molar-refractivity contribution in [3.05, 3.63) is 33.9 Å². The molecule has 94 valence electrons. The lowest BCUT2D eigenvalue weighted by atomic mass is 10.2. The van der Waals surface area contributed by atoms with Gasteiger partial charge in [0.05, 0.1) is 4.92 Å². The molecule has 0 amide bonds. The summed E-state index contributed by atoms with van der Waals surface area (Å²) >= 11 is 0. The molecular weight excluding hydrogens is 234 g/mol. The summed E-state index contributed by atoms with van der Waals surface area (Å²) < 4.78 is 28.1. The van der Waals surface area contributed by atoms with Crippen molar-refractivity contribution < 1.29 is 18.4 Å². The molecule has 1 N–H and O–H groups in total. The smallest absolute Gasteiger partial charge is 0.387 e. The summed E-state index contributed by atoms with van der Waals surface area (Å²) in [6.45, 7) is -0.0359. The van der Waals surface area contributed by atoms with Crippen LogP contribution < -0.4 is 10.1 Å². The molecule has 17 heavy (non-hydrogen) atoms. The Kier molecular flexibility index (Phi) is 4.77. The molecule has 7 heteroatoms. The van der Waals surface area contributed by atoms with Crippen molar-refractivity contribution >= 4 is 5.69 Å². The lowest BCUT2D eigenvalue weighted by Crippen LogP contribution is -2.12. The number of nitrogens with one attached hydrogen (secondary N) is 1. The third kappa shape index (κ3) is 3.95. The fourth-order valence-electron chi connectivity index (χ4n) is 1.28. The summed E-state index contributed by atoms with van der Waals surface area (Å²) in [6, 6.07) is 3.91. The Morgan fingerprint density at radius 2 is 2.24 bits per heavy atom. The molecule has 0 aliphatic rings. The highest BCUT2D eigenvalue weighted by Crippen LogP contribution is 2.29. The maximum atomic E-state index is 12.0. The standard InChI is InChI=1S/C10H12F2N2O3/c1-2-13-6-7-3-4-9(17-10(11)12)8(5-7)14(15)16/h3-5,10,13H,2,6H2,1H3. The van der Waals surface area contributed by atoms with Crippen molar-refractivity contribution in [2.75, 3.05) is 6.54 Å². The third-order valence-electron chi connectivity index (χ3n) is 2.02. The largest absolute Gasteiger partial charge is 0.427 e. The van der Waals surface area contributed by atoms with Crippen LogP contribution >= 0.6 is 0 Å². The Hall–Kier alpha value is -1.76.